The molecule has 0 unspecified atom stereocenters. The first-order valence-electron chi connectivity index (χ1n) is 3.80. The third-order valence-corrected chi connectivity index (χ3v) is 2.40. The van der Waals surface area contributed by atoms with Crippen LogP contribution < -0.4 is 10.7 Å². The van der Waals surface area contributed by atoms with Gasteiger partial charge in [-0.2, -0.15) is 0 Å². The van der Waals surface area contributed by atoms with E-state index in [9.17, 15) is 4.79 Å². The van der Waals surface area contributed by atoms with Gasteiger partial charge in [-0.15, -0.1) is 0 Å². The van der Waals surface area contributed by atoms with Crippen molar-refractivity contribution in [3.05, 3.63) is 40.7 Å². The maximum absolute atomic E-state index is 11.3. The third kappa shape index (κ3) is 1.46. The van der Waals surface area contributed by atoms with E-state index in [2.05, 4.69) is 4.98 Å². The van der Waals surface area contributed by atoms with E-state index in [1.54, 1.807) is 6.07 Å². The van der Waals surface area contributed by atoms with Gasteiger partial charge in [0.15, 0.2) is 0 Å². The number of H-pyrrole nitrogens is 1. The van der Waals surface area contributed by atoms with E-state index in [1.807, 2.05) is 24.3 Å². The molecule has 0 spiro atoms. The van der Waals surface area contributed by atoms with Gasteiger partial charge in [0.05, 0.1) is 4.90 Å². The summed E-state index contributed by atoms with van der Waals surface area (Å²) in [6.07, 6.45) is 0. The lowest BCUT2D eigenvalue weighted by Crippen LogP contribution is -2.08. The maximum Gasteiger partial charge on any atom is 0.263 e. The molecule has 3 nitrogen and oxygen atoms in total. The van der Waals surface area contributed by atoms with Gasteiger partial charge in [-0.3, -0.25) is 9.93 Å². The normalized spacial score (nSPS) is 10.5. The third-order valence-electron chi connectivity index (χ3n) is 1.85. The highest BCUT2D eigenvalue weighted by molar-refractivity contribution is 7.97. The van der Waals surface area contributed by atoms with Crippen LogP contribution in [0.25, 0.3) is 10.9 Å². The summed E-state index contributed by atoms with van der Waals surface area (Å²) in [6, 6.07) is 9.39. The number of nitrogens with two attached hydrogens (primary N) is 1. The van der Waals surface area contributed by atoms with Crippen molar-refractivity contribution >= 4 is 22.9 Å². The molecule has 0 bridgehead atoms. The summed E-state index contributed by atoms with van der Waals surface area (Å²) >= 11 is 0.967. The van der Waals surface area contributed by atoms with E-state index in [1.165, 1.54) is 0 Å². The van der Waals surface area contributed by atoms with Gasteiger partial charge in [0, 0.05) is 5.52 Å². The van der Waals surface area contributed by atoms with E-state index in [-0.39, 0.29) is 5.56 Å². The second kappa shape index (κ2) is 3.24. The van der Waals surface area contributed by atoms with Crippen molar-refractivity contribution in [1.82, 2.24) is 4.98 Å². The minimum Gasteiger partial charge on any atom is -0.321 e. The Hall–Kier alpha value is -1.26. The SMILES string of the molecule is NSc1cc2ccccc2[nH]c1=O. The van der Waals surface area contributed by atoms with Crippen LogP contribution in [0.1, 0.15) is 0 Å². The Bertz CT molecular complexity index is 492. The van der Waals surface area contributed by atoms with Crippen LogP contribution in [-0.4, -0.2) is 4.98 Å². The van der Waals surface area contributed by atoms with Gasteiger partial charge in [-0.1, -0.05) is 18.2 Å². The molecule has 1 heterocycles. The Morgan fingerprint density at radius 3 is 2.85 bits per heavy atom. The summed E-state index contributed by atoms with van der Waals surface area (Å²) in [5, 5.41) is 6.33. The van der Waals surface area contributed by atoms with Crippen LogP contribution in [-0.2, 0) is 0 Å². The molecule has 13 heavy (non-hydrogen) atoms. The fraction of sp³-hybridized carbons (Fsp3) is 0. The number of para-hydroxylation sites is 1. The lowest BCUT2D eigenvalue weighted by molar-refractivity contribution is 1.20. The first-order chi connectivity index (χ1) is 6.31. The van der Waals surface area contributed by atoms with Crippen LogP contribution in [0.5, 0.6) is 0 Å². The Kier molecular flexibility index (Phi) is 2.08. The number of aromatic amines is 1. The molecule has 1 aromatic heterocycles. The van der Waals surface area contributed by atoms with E-state index < -0.39 is 0 Å². The Labute approximate surface area is 79.1 Å². The number of fused-ring (bicyclic) bond motifs is 1. The van der Waals surface area contributed by atoms with Crippen LogP contribution in [0.15, 0.2) is 40.0 Å². The highest BCUT2D eigenvalue weighted by Gasteiger charge is 1.99. The first-order valence-corrected chi connectivity index (χ1v) is 4.68. The van der Waals surface area contributed by atoms with Gasteiger partial charge in [-0.25, -0.2) is 0 Å². The van der Waals surface area contributed by atoms with Gasteiger partial charge in [0.2, 0.25) is 0 Å². The quantitative estimate of drug-likeness (QED) is 0.673. The van der Waals surface area contributed by atoms with Crippen LogP contribution >= 0.6 is 11.9 Å². The number of hydrogen-bond acceptors (Lipinski definition) is 3. The van der Waals surface area contributed by atoms with Crippen molar-refractivity contribution in [2.24, 2.45) is 5.14 Å². The average molecular weight is 192 g/mol. The summed E-state index contributed by atoms with van der Waals surface area (Å²) in [4.78, 5) is 14.6. The molecule has 0 fully saturated rings. The second-order valence-corrected chi connectivity index (χ2v) is 3.34. The highest BCUT2D eigenvalue weighted by atomic mass is 32.2. The monoisotopic (exact) mass is 192 g/mol. The van der Waals surface area contributed by atoms with E-state index in [0.29, 0.717) is 4.90 Å². The summed E-state index contributed by atoms with van der Waals surface area (Å²) in [6.45, 7) is 0. The fourth-order valence-electron chi connectivity index (χ4n) is 1.21. The number of pyridine rings is 1. The Balaban J connectivity index is 2.81. The molecule has 0 aliphatic carbocycles. The molecule has 0 radical (unpaired) electrons. The largest absolute Gasteiger partial charge is 0.321 e. The summed E-state index contributed by atoms with van der Waals surface area (Å²) in [5.74, 6) is 0. The van der Waals surface area contributed by atoms with Crippen molar-refractivity contribution in [2.75, 3.05) is 0 Å². The predicted octanol–water partition coefficient (Wildman–Crippen LogP) is 1.49. The van der Waals surface area contributed by atoms with E-state index in [0.717, 1.165) is 22.9 Å². The molecule has 66 valence electrons. The minimum absolute atomic E-state index is 0.133. The fourth-order valence-corrected chi connectivity index (χ4v) is 1.57. The second-order valence-electron chi connectivity index (χ2n) is 2.67. The van der Waals surface area contributed by atoms with Crippen molar-refractivity contribution in [3.8, 4) is 0 Å². The van der Waals surface area contributed by atoms with Crippen molar-refractivity contribution in [2.45, 2.75) is 4.90 Å². The topological polar surface area (TPSA) is 58.9 Å². The van der Waals surface area contributed by atoms with E-state index >= 15 is 0 Å². The Morgan fingerprint density at radius 1 is 1.31 bits per heavy atom. The molecule has 2 rings (SSSR count). The lowest BCUT2D eigenvalue weighted by Gasteiger charge is -1.98. The van der Waals surface area contributed by atoms with Gasteiger partial charge < -0.3 is 4.98 Å². The molecule has 4 heteroatoms. The summed E-state index contributed by atoms with van der Waals surface area (Å²) in [5.41, 5.74) is 0.705. The zero-order valence-corrected chi connectivity index (χ0v) is 7.60. The molecule has 0 saturated heterocycles. The number of benzene rings is 1. The Morgan fingerprint density at radius 2 is 2.08 bits per heavy atom. The van der Waals surface area contributed by atoms with Gasteiger partial charge in [0.25, 0.3) is 5.56 Å². The maximum atomic E-state index is 11.3. The van der Waals surface area contributed by atoms with Gasteiger partial charge in [-0.05, 0) is 29.5 Å². The van der Waals surface area contributed by atoms with Crippen molar-refractivity contribution < 1.29 is 0 Å². The summed E-state index contributed by atoms with van der Waals surface area (Å²) in [7, 11) is 0. The van der Waals surface area contributed by atoms with Gasteiger partial charge >= 0.3 is 0 Å². The molecule has 0 atom stereocenters. The minimum atomic E-state index is -0.133. The molecular formula is C9H8N2OS. The van der Waals surface area contributed by atoms with Crippen molar-refractivity contribution in [1.29, 1.82) is 0 Å². The molecule has 1 aromatic carbocycles. The molecular weight excluding hydrogens is 184 g/mol. The molecule has 2 aromatic rings. The van der Waals surface area contributed by atoms with Crippen molar-refractivity contribution in [3.63, 3.8) is 0 Å². The van der Waals surface area contributed by atoms with Crippen LogP contribution in [0.2, 0.25) is 0 Å². The smallest absolute Gasteiger partial charge is 0.263 e. The standard InChI is InChI=1S/C9H8N2OS/c10-13-8-5-6-3-1-2-4-7(6)11-9(8)12/h1-5H,10H2,(H,11,12). The number of rotatable bonds is 1. The lowest BCUT2D eigenvalue weighted by atomic mass is 10.2. The predicted molar refractivity (Wildman–Crippen MR) is 54.6 cm³/mol. The highest BCUT2D eigenvalue weighted by Crippen LogP contribution is 2.13. The zero-order valence-electron chi connectivity index (χ0n) is 6.78. The molecule has 0 saturated carbocycles. The first kappa shape index (κ1) is 8.34. The average Bonchev–Trinajstić information content (AvgIpc) is 2.17. The van der Waals surface area contributed by atoms with Crippen LogP contribution in [0.3, 0.4) is 0 Å². The van der Waals surface area contributed by atoms with E-state index in [4.69, 9.17) is 5.14 Å². The number of nitrogens with one attached hydrogen (secondary N) is 1. The van der Waals surface area contributed by atoms with Gasteiger partial charge in [0.1, 0.15) is 0 Å². The molecule has 3 N–H and O–H groups in total. The zero-order chi connectivity index (χ0) is 9.26. The molecule has 0 aliphatic heterocycles. The number of hydrogen-bond donors (Lipinski definition) is 2. The van der Waals surface area contributed by atoms with Crippen LogP contribution in [0.4, 0.5) is 0 Å². The summed E-state index contributed by atoms with van der Waals surface area (Å²) < 4.78 is 0. The van der Waals surface area contributed by atoms with Crippen LogP contribution in [0, 0.1) is 0 Å². The molecule has 0 amide bonds. The number of aromatic nitrogens is 1. The molecule has 0 aliphatic rings.